The molecule has 0 saturated carbocycles. The van der Waals surface area contributed by atoms with E-state index in [1.807, 2.05) is 5.38 Å². The molecule has 72 valence electrons. The molecule has 1 saturated heterocycles. The summed E-state index contributed by atoms with van der Waals surface area (Å²) in [7, 11) is 1.59. The van der Waals surface area contributed by atoms with E-state index in [4.69, 9.17) is 9.47 Å². The van der Waals surface area contributed by atoms with E-state index in [0.717, 1.165) is 5.69 Å². The average molecular weight is 201 g/mol. The Morgan fingerprint density at radius 1 is 1.69 bits per heavy atom. The van der Waals surface area contributed by atoms with Gasteiger partial charge in [-0.3, -0.25) is 0 Å². The predicted molar refractivity (Wildman–Crippen MR) is 48.2 cm³/mol. The molecule has 5 heteroatoms. The summed E-state index contributed by atoms with van der Waals surface area (Å²) in [5, 5.41) is 12.1. The SMILES string of the molecule is COc1nc(C2COCC2O)cs1. The number of aliphatic hydroxyl groups excluding tert-OH is 1. The standard InChI is InChI=1S/C8H11NO3S/c1-11-8-9-6(4-13-8)5-2-12-3-7(5)10/h4-5,7,10H,2-3H2,1H3. The van der Waals surface area contributed by atoms with Gasteiger partial charge in [-0.1, -0.05) is 11.3 Å². The van der Waals surface area contributed by atoms with Crippen LogP contribution in [0.4, 0.5) is 0 Å². The maximum atomic E-state index is 9.52. The number of nitrogens with zero attached hydrogens (tertiary/aromatic N) is 1. The van der Waals surface area contributed by atoms with Gasteiger partial charge >= 0.3 is 0 Å². The molecule has 2 heterocycles. The van der Waals surface area contributed by atoms with Crippen molar-refractivity contribution in [3.8, 4) is 5.19 Å². The van der Waals surface area contributed by atoms with Crippen molar-refractivity contribution in [2.75, 3.05) is 20.3 Å². The summed E-state index contributed by atoms with van der Waals surface area (Å²) in [5.74, 6) is 0.0140. The van der Waals surface area contributed by atoms with Crippen LogP contribution in [0.2, 0.25) is 0 Å². The molecule has 1 aromatic rings. The van der Waals surface area contributed by atoms with Gasteiger partial charge in [0.2, 0.25) is 0 Å². The molecule has 0 spiro atoms. The molecule has 2 atom stereocenters. The van der Waals surface area contributed by atoms with Crippen molar-refractivity contribution in [1.82, 2.24) is 4.98 Å². The molecule has 0 bridgehead atoms. The molecule has 1 N–H and O–H groups in total. The molecule has 1 aliphatic heterocycles. The van der Waals surface area contributed by atoms with Crippen molar-refractivity contribution < 1.29 is 14.6 Å². The van der Waals surface area contributed by atoms with Crippen molar-refractivity contribution in [2.24, 2.45) is 0 Å². The van der Waals surface area contributed by atoms with E-state index in [-0.39, 0.29) is 5.92 Å². The maximum Gasteiger partial charge on any atom is 0.273 e. The molecule has 1 aromatic heterocycles. The highest BCUT2D eigenvalue weighted by molar-refractivity contribution is 7.11. The first-order valence-electron chi connectivity index (χ1n) is 4.06. The second-order valence-electron chi connectivity index (χ2n) is 2.95. The van der Waals surface area contributed by atoms with Crippen LogP contribution in [0.15, 0.2) is 5.38 Å². The van der Waals surface area contributed by atoms with Gasteiger partial charge in [-0.25, -0.2) is 4.98 Å². The summed E-state index contributed by atoms with van der Waals surface area (Å²) in [5.41, 5.74) is 0.867. The number of aromatic nitrogens is 1. The minimum Gasteiger partial charge on any atom is -0.473 e. The van der Waals surface area contributed by atoms with E-state index < -0.39 is 6.10 Å². The Morgan fingerprint density at radius 3 is 3.08 bits per heavy atom. The van der Waals surface area contributed by atoms with E-state index in [1.54, 1.807) is 7.11 Å². The maximum absolute atomic E-state index is 9.52. The van der Waals surface area contributed by atoms with Crippen molar-refractivity contribution >= 4 is 11.3 Å². The summed E-state index contributed by atoms with van der Waals surface area (Å²) < 4.78 is 10.1. The molecule has 0 aromatic carbocycles. The van der Waals surface area contributed by atoms with Gasteiger partial charge in [0.15, 0.2) is 0 Å². The normalized spacial score (nSPS) is 27.8. The topological polar surface area (TPSA) is 51.6 Å². The number of hydrogen-bond acceptors (Lipinski definition) is 5. The number of aliphatic hydroxyl groups is 1. The van der Waals surface area contributed by atoms with Gasteiger partial charge in [0, 0.05) is 5.38 Å². The minimum atomic E-state index is -0.424. The van der Waals surface area contributed by atoms with Crippen molar-refractivity contribution in [1.29, 1.82) is 0 Å². The lowest BCUT2D eigenvalue weighted by molar-refractivity contribution is 0.124. The third kappa shape index (κ3) is 1.67. The molecule has 0 aliphatic carbocycles. The quantitative estimate of drug-likeness (QED) is 0.762. The number of rotatable bonds is 2. The lowest BCUT2D eigenvalue weighted by atomic mass is 10.0. The monoisotopic (exact) mass is 201 g/mol. The fourth-order valence-corrected chi connectivity index (χ4v) is 2.06. The van der Waals surface area contributed by atoms with Crippen LogP contribution in [0.1, 0.15) is 11.6 Å². The summed E-state index contributed by atoms with van der Waals surface area (Å²) in [6.45, 7) is 0.957. The molecular weight excluding hydrogens is 190 g/mol. The predicted octanol–water partition coefficient (Wildman–Crippen LogP) is 0.626. The van der Waals surface area contributed by atoms with Crippen LogP contribution < -0.4 is 4.74 Å². The highest BCUT2D eigenvalue weighted by Crippen LogP contribution is 2.29. The van der Waals surface area contributed by atoms with Gasteiger partial charge in [0.05, 0.1) is 38.0 Å². The lowest BCUT2D eigenvalue weighted by Gasteiger charge is -2.07. The summed E-state index contributed by atoms with van der Waals surface area (Å²) in [6, 6.07) is 0. The number of thiazole rings is 1. The summed E-state index contributed by atoms with van der Waals surface area (Å²) in [6.07, 6.45) is -0.424. The van der Waals surface area contributed by atoms with Crippen LogP contribution in [-0.2, 0) is 4.74 Å². The van der Waals surface area contributed by atoms with Gasteiger partial charge in [-0.2, -0.15) is 0 Å². The van der Waals surface area contributed by atoms with Crippen LogP contribution in [0.3, 0.4) is 0 Å². The van der Waals surface area contributed by atoms with Gasteiger partial charge in [0.1, 0.15) is 0 Å². The van der Waals surface area contributed by atoms with Crippen molar-refractivity contribution in [2.45, 2.75) is 12.0 Å². The molecule has 0 radical (unpaired) electrons. The third-order valence-corrected chi connectivity index (χ3v) is 2.92. The van der Waals surface area contributed by atoms with Crippen LogP contribution in [0, 0.1) is 0 Å². The number of ether oxygens (including phenoxy) is 2. The zero-order valence-electron chi connectivity index (χ0n) is 7.27. The fourth-order valence-electron chi connectivity index (χ4n) is 1.36. The first-order valence-corrected chi connectivity index (χ1v) is 4.94. The third-order valence-electron chi connectivity index (χ3n) is 2.11. The van der Waals surface area contributed by atoms with E-state index in [1.165, 1.54) is 11.3 Å². The number of hydrogen-bond donors (Lipinski definition) is 1. The molecule has 0 amide bonds. The van der Waals surface area contributed by atoms with Crippen LogP contribution in [-0.4, -0.2) is 36.5 Å². The van der Waals surface area contributed by atoms with E-state index in [9.17, 15) is 5.11 Å². The Morgan fingerprint density at radius 2 is 2.54 bits per heavy atom. The van der Waals surface area contributed by atoms with Gasteiger partial charge < -0.3 is 14.6 Å². The zero-order valence-corrected chi connectivity index (χ0v) is 8.08. The molecular formula is C8H11NO3S. The molecule has 1 fully saturated rings. The molecule has 1 aliphatic rings. The largest absolute Gasteiger partial charge is 0.473 e. The average Bonchev–Trinajstić information content (AvgIpc) is 2.71. The van der Waals surface area contributed by atoms with Gasteiger partial charge in [-0.15, -0.1) is 0 Å². The van der Waals surface area contributed by atoms with Crippen molar-refractivity contribution in [3.05, 3.63) is 11.1 Å². The Hall–Kier alpha value is -0.650. The fraction of sp³-hybridized carbons (Fsp3) is 0.625. The van der Waals surface area contributed by atoms with Crippen LogP contribution >= 0.6 is 11.3 Å². The van der Waals surface area contributed by atoms with E-state index in [0.29, 0.717) is 18.4 Å². The van der Waals surface area contributed by atoms with Crippen LogP contribution in [0.5, 0.6) is 5.19 Å². The van der Waals surface area contributed by atoms with E-state index in [2.05, 4.69) is 4.98 Å². The first kappa shape index (κ1) is 8.93. The number of methoxy groups -OCH3 is 1. The summed E-state index contributed by atoms with van der Waals surface area (Å²) in [4.78, 5) is 4.22. The smallest absolute Gasteiger partial charge is 0.273 e. The molecule has 2 rings (SSSR count). The Labute approximate surface area is 80.1 Å². The summed E-state index contributed by atoms with van der Waals surface area (Å²) >= 11 is 1.44. The van der Waals surface area contributed by atoms with Gasteiger partial charge in [0.25, 0.3) is 5.19 Å². The second kappa shape index (κ2) is 3.61. The Balaban J connectivity index is 2.15. The molecule has 13 heavy (non-hydrogen) atoms. The van der Waals surface area contributed by atoms with Gasteiger partial charge in [-0.05, 0) is 0 Å². The highest BCUT2D eigenvalue weighted by Gasteiger charge is 2.29. The highest BCUT2D eigenvalue weighted by atomic mass is 32.1. The Kier molecular flexibility index (Phi) is 2.48. The van der Waals surface area contributed by atoms with Crippen LogP contribution in [0.25, 0.3) is 0 Å². The molecule has 4 nitrogen and oxygen atoms in total. The second-order valence-corrected chi connectivity index (χ2v) is 3.77. The Bertz CT molecular complexity index is 289. The van der Waals surface area contributed by atoms with E-state index >= 15 is 0 Å². The minimum absolute atomic E-state index is 0.0140. The zero-order chi connectivity index (χ0) is 9.26. The van der Waals surface area contributed by atoms with Crippen molar-refractivity contribution in [3.63, 3.8) is 0 Å². The lowest BCUT2D eigenvalue weighted by Crippen LogP contribution is -2.15. The molecule has 2 unspecified atom stereocenters. The first-order chi connectivity index (χ1) is 6.31.